The van der Waals surface area contributed by atoms with Crippen LogP contribution in [0.2, 0.25) is 0 Å². The lowest BCUT2D eigenvalue weighted by Gasteiger charge is -2.18. The second-order valence-corrected chi connectivity index (χ2v) is 22.0. The standard InChI is InChI=1S/C67H124O6/c1-4-7-10-13-16-19-22-25-28-30-32-33-35-37-40-42-45-48-51-54-57-60-66(69)72-63-64(73-67(70)61-58-55-52-49-46-43-38-27-24-21-18-15-12-9-6-3)62-71-65(68)59-56-53-50-47-44-41-39-36-34-31-29-26-23-20-17-14-11-8-5-2/h25-29,38,64H,4-24,30-37,39-63H2,1-3H3/b28-25-,29-26-,38-27-/t64-/m0/s1. The van der Waals surface area contributed by atoms with Crippen LogP contribution in [0.4, 0.5) is 0 Å². The third kappa shape index (κ3) is 60.4. The van der Waals surface area contributed by atoms with Crippen LogP contribution in [0.3, 0.4) is 0 Å². The normalized spacial score (nSPS) is 12.2. The van der Waals surface area contributed by atoms with E-state index in [2.05, 4.69) is 57.2 Å². The van der Waals surface area contributed by atoms with Gasteiger partial charge in [0.2, 0.25) is 0 Å². The van der Waals surface area contributed by atoms with Gasteiger partial charge in [-0.3, -0.25) is 14.4 Å². The van der Waals surface area contributed by atoms with Crippen molar-refractivity contribution in [2.75, 3.05) is 13.2 Å². The van der Waals surface area contributed by atoms with Crippen molar-refractivity contribution in [3.05, 3.63) is 36.5 Å². The summed E-state index contributed by atoms with van der Waals surface area (Å²) in [5.41, 5.74) is 0. The number of hydrogen-bond acceptors (Lipinski definition) is 6. The van der Waals surface area contributed by atoms with Gasteiger partial charge in [0.25, 0.3) is 0 Å². The van der Waals surface area contributed by atoms with E-state index in [9.17, 15) is 14.4 Å². The Hall–Kier alpha value is -2.37. The molecule has 0 aliphatic carbocycles. The molecule has 0 aromatic rings. The molecular weight excluding hydrogens is 901 g/mol. The molecule has 0 aliphatic rings. The lowest BCUT2D eigenvalue weighted by Crippen LogP contribution is -2.30. The molecule has 6 nitrogen and oxygen atoms in total. The topological polar surface area (TPSA) is 78.9 Å². The van der Waals surface area contributed by atoms with Crippen LogP contribution >= 0.6 is 0 Å². The van der Waals surface area contributed by atoms with E-state index >= 15 is 0 Å². The Morgan fingerprint density at radius 1 is 0.260 bits per heavy atom. The third-order valence-corrected chi connectivity index (χ3v) is 14.6. The molecule has 0 radical (unpaired) electrons. The smallest absolute Gasteiger partial charge is 0.306 e. The van der Waals surface area contributed by atoms with Crippen LogP contribution in [-0.4, -0.2) is 37.2 Å². The summed E-state index contributed by atoms with van der Waals surface area (Å²) in [6, 6.07) is 0. The van der Waals surface area contributed by atoms with Gasteiger partial charge in [0.15, 0.2) is 6.10 Å². The summed E-state index contributed by atoms with van der Waals surface area (Å²) in [5, 5.41) is 0. The van der Waals surface area contributed by atoms with E-state index in [1.54, 1.807) is 0 Å². The number of allylic oxidation sites excluding steroid dienone is 6. The largest absolute Gasteiger partial charge is 0.462 e. The molecule has 0 rings (SSSR count). The summed E-state index contributed by atoms with van der Waals surface area (Å²) >= 11 is 0. The van der Waals surface area contributed by atoms with E-state index in [1.165, 1.54) is 250 Å². The first-order chi connectivity index (χ1) is 36.0. The zero-order chi connectivity index (χ0) is 52.9. The van der Waals surface area contributed by atoms with E-state index in [1.807, 2.05) is 0 Å². The van der Waals surface area contributed by atoms with Gasteiger partial charge in [0.05, 0.1) is 0 Å². The van der Waals surface area contributed by atoms with Gasteiger partial charge in [0.1, 0.15) is 13.2 Å². The van der Waals surface area contributed by atoms with Crippen molar-refractivity contribution in [1.82, 2.24) is 0 Å². The van der Waals surface area contributed by atoms with Crippen LogP contribution < -0.4 is 0 Å². The van der Waals surface area contributed by atoms with Crippen molar-refractivity contribution >= 4 is 17.9 Å². The molecule has 0 amide bonds. The van der Waals surface area contributed by atoms with Crippen LogP contribution in [-0.2, 0) is 28.6 Å². The molecule has 0 unspecified atom stereocenters. The highest BCUT2D eigenvalue weighted by Gasteiger charge is 2.19. The van der Waals surface area contributed by atoms with Gasteiger partial charge in [-0.25, -0.2) is 0 Å². The predicted molar refractivity (Wildman–Crippen MR) is 316 cm³/mol. The second kappa shape index (κ2) is 62.2. The molecule has 73 heavy (non-hydrogen) atoms. The fourth-order valence-electron chi connectivity index (χ4n) is 9.67. The van der Waals surface area contributed by atoms with Gasteiger partial charge in [-0.2, -0.15) is 0 Å². The summed E-state index contributed by atoms with van der Waals surface area (Å²) in [6.07, 6.45) is 75.8. The summed E-state index contributed by atoms with van der Waals surface area (Å²) in [7, 11) is 0. The van der Waals surface area contributed by atoms with Crippen LogP contribution in [0.5, 0.6) is 0 Å². The lowest BCUT2D eigenvalue weighted by atomic mass is 10.0. The highest BCUT2D eigenvalue weighted by molar-refractivity contribution is 5.71. The maximum atomic E-state index is 12.9. The zero-order valence-electron chi connectivity index (χ0n) is 49.2. The Balaban J connectivity index is 4.31. The van der Waals surface area contributed by atoms with Crippen molar-refractivity contribution in [2.45, 2.75) is 361 Å². The summed E-state index contributed by atoms with van der Waals surface area (Å²) in [5.74, 6) is -0.862. The van der Waals surface area contributed by atoms with E-state index < -0.39 is 6.10 Å². The molecule has 0 heterocycles. The van der Waals surface area contributed by atoms with Crippen LogP contribution in [0.1, 0.15) is 355 Å². The van der Waals surface area contributed by atoms with Crippen LogP contribution in [0.25, 0.3) is 0 Å². The first-order valence-electron chi connectivity index (χ1n) is 32.5. The zero-order valence-corrected chi connectivity index (χ0v) is 49.2. The molecule has 0 bridgehead atoms. The number of rotatable bonds is 60. The average molecular weight is 1030 g/mol. The Bertz CT molecular complexity index is 1220. The number of carbonyl (C=O) groups excluding carboxylic acids is 3. The molecule has 0 aromatic carbocycles. The first kappa shape index (κ1) is 70.6. The minimum atomic E-state index is -0.777. The maximum absolute atomic E-state index is 12.9. The van der Waals surface area contributed by atoms with Crippen LogP contribution in [0, 0.1) is 0 Å². The van der Waals surface area contributed by atoms with Crippen molar-refractivity contribution in [1.29, 1.82) is 0 Å². The number of carbonyl (C=O) groups is 3. The predicted octanol–water partition coefficient (Wildman–Crippen LogP) is 22.0. The Labute approximate surface area is 455 Å². The summed E-state index contributed by atoms with van der Waals surface area (Å²) < 4.78 is 16.9. The Kier molecular flexibility index (Phi) is 60.2. The average Bonchev–Trinajstić information content (AvgIpc) is 3.39. The van der Waals surface area contributed by atoms with Gasteiger partial charge in [-0.1, -0.05) is 276 Å². The van der Waals surface area contributed by atoms with Gasteiger partial charge in [-0.15, -0.1) is 0 Å². The number of esters is 3. The van der Waals surface area contributed by atoms with E-state index in [0.29, 0.717) is 19.3 Å². The lowest BCUT2D eigenvalue weighted by molar-refractivity contribution is -0.167. The minimum absolute atomic E-state index is 0.0733. The molecule has 0 aromatic heterocycles. The summed E-state index contributed by atoms with van der Waals surface area (Å²) in [4.78, 5) is 38.3. The molecule has 0 saturated carbocycles. The van der Waals surface area contributed by atoms with Crippen molar-refractivity contribution < 1.29 is 28.6 Å². The molecule has 0 aliphatic heterocycles. The monoisotopic (exact) mass is 1020 g/mol. The molecule has 0 saturated heterocycles. The van der Waals surface area contributed by atoms with E-state index in [0.717, 1.165) is 64.2 Å². The first-order valence-corrected chi connectivity index (χ1v) is 32.5. The van der Waals surface area contributed by atoms with Crippen molar-refractivity contribution in [2.24, 2.45) is 0 Å². The fourth-order valence-corrected chi connectivity index (χ4v) is 9.67. The molecular formula is C67H124O6. The Morgan fingerprint density at radius 2 is 0.452 bits per heavy atom. The van der Waals surface area contributed by atoms with Gasteiger partial charge < -0.3 is 14.2 Å². The third-order valence-electron chi connectivity index (χ3n) is 14.6. The molecule has 0 fully saturated rings. The minimum Gasteiger partial charge on any atom is -0.462 e. The van der Waals surface area contributed by atoms with E-state index in [-0.39, 0.29) is 31.1 Å². The second-order valence-electron chi connectivity index (χ2n) is 22.0. The molecule has 1 atom stereocenters. The quantitative estimate of drug-likeness (QED) is 0.0261. The van der Waals surface area contributed by atoms with E-state index in [4.69, 9.17) is 14.2 Å². The fraction of sp³-hybridized carbons (Fsp3) is 0.866. The van der Waals surface area contributed by atoms with Crippen molar-refractivity contribution in [3.63, 3.8) is 0 Å². The SMILES string of the molecule is CCCCCCCC/C=C\CCCCCCCCCCCCCC(=O)OC[C@H](COC(=O)CCCCCCCCCCC/C=C\CCCCCCCC)OC(=O)CCCCCCC/C=C\CCCCCCCC. The van der Waals surface area contributed by atoms with Gasteiger partial charge >= 0.3 is 17.9 Å². The van der Waals surface area contributed by atoms with Gasteiger partial charge in [-0.05, 0) is 96.3 Å². The molecule has 6 heteroatoms. The number of ether oxygens (including phenoxy) is 3. The van der Waals surface area contributed by atoms with Crippen molar-refractivity contribution in [3.8, 4) is 0 Å². The highest BCUT2D eigenvalue weighted by Crippen LogP contribution is 2.17. The molecule has 0 N–H and O–H groups in total. The maximum Gasteiger partial charge on any atom is 0.306 e. The number of unbranched alkanes of at least 4 members (excludes halogenated alkanes) is 43. The van der Waals surface area contributed by atoms with Crippen LogP contribution in [0.15, 0.2) is 36.5 Å². The van der Waals surface area contributed by atoms with Gasteiger partial charge in [0, 0.05) is 19.3 Å². The summed E-state index contributed by atoms with van der Waals surface area (Å²) in [6.45, 7) is 6.68. The number of hydrogen-bond donors (Lipinski definition) is 0. The molecule has 428 valence electrons. The highest BCUT2D eigenvalue weighted by atomic mass is 16.6. The Morgan fingerprint density at radius 3 is 0.685 bits per heavy atom. The molecule has 0 spiro atoms.